The SMILES string of the molecule is C[C@@H](NC(=O)CN[C@H](C)c1ccco1)c1ccccc1. The Labute approximate surface area is 119 Å². The average molecular weight is 272 g/mol. The summed E-state index contributed by atoms with van der Waals surface area (Å²) in [4.78, 5) is 11.9. The summed E-state index contributed by atoms with van der Waals surface area (Å²) in [5, 5.41) is 6.10. The number of furan rings is 1. The van der Waals surface area contributed by atoms with E-state index >= 15 is 0 Å². The number of hydrogen-bond acceptors (Lipinski definition) is 3. The predicted octanol–water partition coefficient (Wildman–Crippen LogP) is 2.81. The second kappa shape index (κ2) is 6.91. The van der Waals surface area contributed by atoms with Crippen LogP contribution in [0.4, 0.5) is 0 Å². The molecule has 106 valence electrons. The molecule has 1 aromatic heterocycles. The first-order valence-electron chi connectivity index (χ1n) is 6.78. The molecule has 0 saturated heterocycles. The van der Waals surface area contributed by atoms with Gasteiger partial charge in [0, 0.05) is 0 Å². The van der Waals surface area contributed by atoms with Crippen molar-refractivity contribution in [1.82, 2.24) is 10.6 Å². The van der Waals surface area contributed by atoms with E-state index in [1.807, 2.05) is 56.3 Å². The molecule has 4 nitrogen and oxygen atoms in total. The van der Waals surface area contributed by atoms with Crippen LogP contribution in [-0.2, 0) is 4.79 Å². The van der Waals surface area contributed by atoms with Crippen molar-refractivity contribution >= 4 is 5.91 Å². The molecule has 0 bridgehead atoms. The maximum absolute atomic E-state index is 11.9. The highest BCUT2D eigenvalue weighted by atomic mass is 16.3. The fraction of sp³-hybridized carbons (Fsp3) is 0.312. The van der Waals surface area contributed by atoms with Gasteiger partial charge in [0.05, 0.1) is 24.9 Å². The maximum Gasteiger partial charge on any atom is 0.234 e. The lowest BCUT2D eigenvalue weighted by molar-refractivity contribution is -0.121. The highest BCUT2D eigenvalue weighted by molar-refractivity contribution is 5.78. The fourth-order valence-electron chi connectivity index (χ4n) is 2.00. The van der Waals surface area contributed by atoms with Crippen molar-refractivity contribution < 1.29 is 9.21 Å². The molecule has 2 aromatic rings. The van der Waals surface area contributed by atoms with Crippen molar-refractivity contribution in [3.8, 4) is 0 Å². The monoisotopic (exact) mass is 272 g/mol. The molecule has 4 heteroatoms. The zero-order valence-corrected chi connectivity index (χ0v) is 11.8. The standard InChI is InChI=1S/C16H20N2O2/c1-12(14-7-4-3-5-8-14)18-16(19)11-17-13(2)15-9-6-10-20-15/h3-10,12-13,17H,11H2,1-2H3,(H,18,19)/t12-,13-/m1/s1. The van der Waals surface area contributed by atoms with Gasteiger partial charge in [0.1, 0.15) is 5.76 Å². The normalized spacial score (nSPS) is 13.7. The van der Waals surface area contributed by atoms with Crippen LogP contribution in [0.3, 0.4) is 0 Å². The number of rotatable bonds is 6. The van der Waals surface area contributed by atoms with Crippen molar-refractivity contribution in [3.05, 3.63) is 60.1 Å². The van der Waals surface area contributed by atoms with E-state index in [4.69, 9.17) is 4.42 Å². The smallest absolute Gasteiger partial charge is 0.234 e. The van der Waals surface area contributed by atoms with Gasteiger partial charge in [0.2, 0.25) is 5.91 Å². The molecule has 1 aromatic carbocycles. The van der Waals surface area contributed by atoms with Gasteiger partial charge in [-0.1, -0.05) is 30.3 Å². The molecule has 0 aliphatic heterocycles. The third kappa shape index (κ3) is 3.96. The summed E-state index contributed by atoms with van der Waals surface area (Å²) in [6, 6.07) is 13.7. The van der Waals surface area contributed by atoms with E-state index in [0.29, 0.717) is 0 Å². The molecule has 0 saturated carbocycles. The van der Waals surface area contributed by atoms with Crippen molar-refractivity contribution in [1.29, 1.82) is 0 Å². The molecular weight excluding hydrogens is 252 g/mol. The molecule has 2 atom stereocenters. The predicted molar refractivity (Wildman–Crippen MR) is 78.1 cm³/mol. The van der Waals surface area contributed by atoms with Gasteiger partial charge in [-0.15, -0.1) is 0 Å². The summed E-state index contributed by atoms with van der Waals surface area (Å²) >= 11 is 0. The Hall–Kier alpha value is -2.07. The zero-order chi connectivity index (χ0) is 14.4. The summed E-state index contributed by atoms with van der Waals surface area (Å²) < 4.78 is 5.28. The van der Waals surface area contributed by atoms with E-state index in [9.17, 15) is 4.79 Å². The van der Waals surface area contributed by atoms with Crippen molar-refractivity contribution in [2.45, 2.75) is 25.9 Å². The van der Waals surface area contributed by atoms with Gasteiger partial charge in [-0.25, -0.2) is 0 Å². The third-order valence-electron chi connectivity index (χ3n) is 3.22. The van der Waals surface area contributed by atoms with Gasteiger partial charge in [-0.3, -0.25) is 10.1 Å². The lowest BCUT2D eigenvalue weighted by atomic mass is 10.1. The number of benzene rings is 1. The van der Waals surface area contributed by atoms with Gasteiger partial charge in [0.15, 0.2) is 0 Å². The summed E-state index contributed by atoms with van der Waals surface area (Å²) in [7, 11) is 0. The Morgan fingerprint density at radius 3 is 2.50 bits per heavy atom. The Bertz CT molecular complexity index is 523. The molecular formula is C16H20N2O2. The minimum absolute atomic E-state index is 0.00409. The molecule has 2 rings (SSSR count). The van der Waals surface area contributed by atoms with Crippen LogP contribution in [0.2, 0.25) is 0 Å². The van der Waals surface area contributed by atoms with Gasteiger partial charge < -0.3 is 9.73 Å². The summed E-state index contributed by atoms with van der Waals surface area (Å²) in [5.41, 5.74) is 1.10. The van der Waals surface area contributed by atoms with Crippen LogP contribution in [0.15, 0.2) is 53.1 Å². The van der Waals surface area contributed by atoms with Crippen molar-refractivity contribution in [2.75, 3.05) is 6.54 Å². The number of hydrogen-bond donors (Lipinski definition) is 2. The van der Waals surface area contributed by atoms with Crippen LogP contribution in [-0.4, -0.2) is 12.5 Å². The van der Waals surface area contributed by atoms with Crippen molar-refractivity contribution in [2.24, 2.45) is 0 Å². The lowest BCUT2D eigenvalue weighted by Crippen LogP contribution is -2.36. The maximum atomic E-state index is 11.9. The van der Waals surface area contributed by atoms with Gasteiger partial charge in [-0.05, 0) is 31.5 Å². The van der Waals surface area contributed by atoms with E-state index in [1.165, 1.54) is 0 Å². The van der Waals surface area contributed by atoms with Crippen molar-refractivity contribution in [3.63, 3.8) is 0 Å². The molecule has 0 radical (unpaired) electrons. The highest BCUT2D eigenvalue weighted by Gasteiger charge is 2.12. The summed E-state index contributed by atoms with van der Waals surface area (Å²) in [5.74, 6) is 0.800. The second-order valence-electron chi connectivity index (χ2n) is 4.82. The number of carbonyl (C=O) groups is 1. The first-order valence-corrected chi connectivity index (χ1v) is 6.78. The molecule has 0 aliphatic carbocycles. The van der Waals surface area contributed by atoms with Gasteiger partial charge in [-0.2, -0.15) is 0 Å². The number of nitrogens with one attached hydrogen (secondary N) is 2. The highest BCUT2D eigenvalue weighted by Crippen LogP contribution is 2.12. The number of carbonyl (C=O) groups excluding carboxylic acids is 1. The first-order chi connectivity index (χ1) is 9.66. The quantitative estimate of drug-likeness (QED) is 0.850. The molecule has 2 N–H and O–H groups in total. The fourth-order valence-corrected chi connectivity index (χ4v) is 2.00. The molecule has 0 fully saturated rings. The van der Waals surface area contributed by atoms with Crippen LogP contribution in [0.1, 0.15) is 37.3 Å². The van der Waals surface area contributed by atoms with E-state index in [0.717, 1.165) is 11.3 Å². The largest absolute Gasteiger partial charge is 0.468 e. The Balaban J connectivity index is 1.78. The first kappa shape index (κ1) is 14.3. The topological polar surface area (TPSA) is 54.3 Å². The van der Waals surface area contributed by atoms with Crippen LogP contribution in [0.25, 0.3) is 0 Å². The molecule has 0 aliphatic rings. The Morgan fingerprint density at radius 1 is 1.10 bits per heavy atom. The minimum atomic E-state index is -0.0280. The third-order valence-corrected chi connectivity index (χ3v) is 3.22. The van der Waals surface area contributed by atoms with E-state index in [1.54, 1.807) is 6.26 Å². The second-order valence-corrected chi connectivity index (χ2v) is 4.82. The molecule has 20 heavy (non-hydrogen) atoms. The zero-order valence-electron chi connectivity index (χ0n) is 11.8. The van der Waals surface area contributed by atoms with E-state index in [-0.39, 0.29) is 24.5 Å². The Kier molecular flexibility index (Phi) is 4.96. The van der Waals surface area contributed by atoms with Crippen LogP contribution >= 0.6 is 0 Å². The average Bonchev–Trinajstić information content (AvgIpc) is 3.00. The Morgan fingerprint density at radius 2 is 1.85 bits per heavy atom. The molecule has 0 unspecified atom stereocenters. The minimum Gasteiger partial charge on any atom is -0.468 e. The molecule has 1 amide bonds. The van der Waals surface area contributed by atoms with E-state index < -0.39 is 0 Å². The molecule has 0 spiro atoms. The van der Waals surface area contributed by atoms with Crippen LogP contribution < -0.4 is 10.6 Å². The van der Waals surface area contributed by atoms with Crippen LogP contribution in [0.5, 0.6) is 0 Å². The lowest BCUT2D eigenvalue weighted by Gasteiger charge is -2.16. The molecule has 1 heterocycles. The van der Waals surface area contributed by atoms with E-state index in [2.05, 4.69) is 10.6 Å². The van der Waals surface area contributed by atoms with Gasteiger partial charge >= 0.3 is 0 Å². The summed E-state index contributed by atoms with van der Waals surface area (Å²) in [6.45, 7) is 4.20. The van der Waals surface area contributed by atoms with Crippen LogP contribution in [0, 0.1) is 0 Å². The van der Waals surface area contributed by atoms with Gasteiger partial charge in [0.25, 0.3) is 0 Å². The summed E-state index contributed by atoms with van der Waals surface area (Å²) in [6.07, 6.45) is 1.63. The number of amides is 1.